The molecule has 29 heavy (non-hydrogen) atoms. The van der Waals surface area contributed by atoms with E-state index in [1.807, 2.05) is 6.92 Å². The van der Waals surface area contributed by atoms with Crippen molar-refractivity contribution in [2.75, 3.05) is 0 Å². The van der Waals surface area contributed by atoms with Crippen molar-refractivity contribution in [3.63, 3.8) is 0 Å². The third-order valence-electron chi connectivity index (χ3n) is 4.65. The minimum absolute atomic E-state index is 0.311. The van der Waals surface area contributed by atoms with Crippen LogP contribution in [0.5, 0.6) is 0 Å². The summed E-state index contributed by atoms with van der Waals surface area (Å²) >= 11 is 0. The molecule has 0 saturated heterocycles. The number of halogens is 1. The molecule has 4 rings (SSSR count). The molecule has 0 saturated carbocycles. The molecule has 0 spiro atoms. The molecule has 0 unspecified atom stereocenters. The summed E-state index contributed by atoms with van der Waals surface area (Å²) in [7, 11) is 1.78. The Bertz CT molecular complexity index is 1260. The molecule has 10 heteroatoms. The number of nitrogens with zero attached hydrogens (tertiary/aromatic N) is 6. The van der Waals surface area contributed by atoms with Crippen molar-refractivity contribution in [2.45, 2.75) is 19.8 Å². The molecule has 0 aliphatic rings. The van der Waals surface area contributed by atoms with Gasteiger partial charge in [-0.1, -0.05) is 6.92 Å². The second kappa shape index (κ2) is 7.30. The van der Waals surface area contributed by atoms with Gasteiger partial charge in [0, 0.05) is 24.9 Å². The summed E-state index contributed by atoms with van der Waals surface area (Å²) in [6.45, 7) is 1.89. The average molecular weight is 394 g/mol. The van der Waals surface area contributed by atoms with Gasteiger partial charge in [-0.25, -0.2) is 24.1 Å². The van der Waals surface area contributed by atoms with Crippen LogP contribution in [0.15, 0.2) is 41.8 Å². The van der Waals surface area contributed by atoms with Crippen molar-refractivity contribution in [1.82, 2.24) is 29.8 Å². The Labute approximate surface area is 165 Å². The zero-order valence-electron chi connectivity index (χ0n) is 15.9. The normalized spacial score (nSPS) is 12.0. The first-order valence-electron chi connectivity index (χ1n) is 9.02. The minimum Gasteiger partial charge on any atom is -0.350 e. The van der Waals surface area contributed by atoms with Gasteiger partial charge in [0.05, 0.1) is 29.3 Å². The summed E-state index contributed by atoms with van der Waals surface area (Å²) in [6.07, 6.45) is 4.23. The number of hydrogen-bond acceptors (Lipinski definition) is 5. The molecule has 3 N–H and O–H groups in total. The van der Waals surface area contributed by atoms with E-state index in [1.165, 1.54) is 6.07 Å². The molecule has 2 amide bonds. The van der Waals surface area contributed by atoms with Crippen molar-refractivity contribution in [3.8, 4) is 0 Å². The molecule has 0 atom stereocenters. The Balaban J connectivity index is 1.72. The first-order chi connectivity index (χ1) is 14.0. The fourth-order valence-electron chi connectivity index (χ4n) is 3.19. The smallest absolute Gasteiger partial charge is 0.332 e. The summed E-state index contributed by atoms with van der Waals surface area (Å²) in [5.74, 6) is -0.311. The van der Waals surface area contributed by atoms with Gasteiger partial charge in [-0.15, -0.1) is 0 Å². The highest BCUT2D eigenvalue weighted by Crippen LogP contribution is 2.21. The molecule has 0 aliphatic carbocycles. The van der Waals surface area contributed by atoms with E-state index in [9.17, 15) is 9.18 Å². The van der Waals surface area contributed by atoms with Gasteiger partial charge >= 0.3 is 6.03 Å². The molecular formula is C19H19FN8O. The summed E-state index contributed by atoms with van der Waals surface area (Å²) in [5, 5.41) is 13.6. The molecule has 3 aromatic heterocycles. The minimum atomic E-state index is -0.749. The molecule has 9 nitrogen and oxygen atoms in total. The third-order valence-corrected chi connectivity index (χ3v) is 4.65. The molecule has 0 fully saturated rings. The Morgan fingerprint density at radius 2 is 2.14 bits per heavy atom. The van der Waals surface area contributed by atoms with E-state index in [2.05, 4.69) is 25.7 Å². The predicted molar refractivity (Wildman–Crippen MR) is 106 cm³/mol. The summed E-state index contributed by atoms with van der Waals surface area (Å²) in [5.41, 5.74) is 11.0. The number of amides is 2. The summed E-state index contributed by atoms with van der Waals surface area (Å²) in [6, 6.07) is 6.08. The highest BCUT2D eigenvalue weighted by Gasteiger charge is 2.13. The van der Waals surface area contributed by atoms with Crippen molar-refractivity contribution in [1.29, 1.82) is 0 Å². The lowest BCUT2D eigenvalue weighted by Crippen LogP contribution is -2.26. The second-order valence-electron chi connectivity index (χ2n) is 6.57. The number of carbonyl (C=O) groups is 1. The third kappa shape index (κ3) is 3.51. The van der Waals surface area contributed by atoms with Gasteiger partial charge in [0.1, 0.15) is 11.5 Å². The Kier molecular flexibility index (Phi) is 4.67. The topological polar surface area (TPSA) is 115 Å². The van der Waals surface area contributed by atoms with Gasteiger partial charge in [-0.05, 0) is 30.2 Å². The largest absolute Gasteiger partial charge is 0.350 e. The monoisotopic (exact) mass is 394 g/mol. The van der Waals surface area contributed by atoms with Crippen LogP contribution >= 0.6 is 0 Å². The number of aryl methyl sites for hydroxylation is 1. The number of benzene rings is 1. The average Bonchev–Trinajstić information content (AvgIpc) is 3.26. The molecule has 0 radical (unpaired) electrons. The van der Waals surface area contributed by atoms with Gasteiger partial charge in [0.15, 0.2) is 5.65 Å². The SMILES string of the molecule is CC/C(=N/NC(N)=O)c1ccc2ncc(Cc3cc4cnn(C)c4cc3F)n2n1. The van der Waals surface area contributed by atoms with Crippen LogP contribution < -0.4 is 11.2 Å². The van der Waals surface area contributed by atoms with Crippen LogP contribution in [0.25, 0.3) is 16.6 Å². The van der Waals surface area contributed by atoms with E-state index in [-0.39, 0.29) is 5.82 Å². The highest BCUT2D eigenvalue weighted by molar-refractivity contribution is 5.99. The standard InChI is InChI=1S/C19H19FN8O/c1-3-15(24-25-19(21)29)16-4-5-18-22-10-13(28(18)26-16)7-11-6-12-9-23-27(2)17(12)8-14(11)20/h4-6,8-10H,3,7H2,1-2H3,(H3,21,25,29)/b24-15-. The number of nitrogens with two attached hydrogens (primary N) is 1. The molecule has 3 heterocycles. The number of imidazole rings is 1. The number of nitrogens with one attached hydrogen (secondary N) is 1. The highest BCUT2D eigenvalue weighted by atomic mass is 19.1. The maximum Gasteiger partial charge on any atom is 0.332 e. The lowest BCUT2D eigenvalue weighted by Gasteiger charge is -2.07. The number of aromatic nitrogens is 5. The maximum atomic E-state index is 14.6. The molecule has 148 valence electrons. The first-order valence-corrected chi connectivity index (χ1v) is 9.02. The predicted octanol–water partition coefficient (Wildman–Crippen LogP) is 2.13. The van der Waals surface area contributed by atoms with E-state index in [1.54, 1.807) is 46.8 Å². The lowest BCUT2D eigenvalue weighted by molar-refractivity contribution is 0.249. The van der Waals surface area contributed by atoms with Crippen molar-refractivity contribution in [2.24, 2.45) is 17.9 Å². The quantitative estimate of drug-likeness (QED) is 0.398. The van der Waals surface area contributed by atoms with Gasteiger partial charge < -0.3 is 5.73 Å². The molecule has 0 aliphatic heterocycles. The second-order valence-corrected chi connectivity index (χ2v) is 6.57. The van der Waals surface area contributed by atoms with Crippen LogP contribution in [0.1, 0.15) is 30.3 Å². The fourth-order valence-corrected chi connectivity index (χ4v) is 3.19. The number of rotatable bonds is 5. The molecule has 4 aromatic rings. The van der Waals surface area contributed by atoms with E-state index in [0.29, 0.717) is 35.5 Å². The van der Waals surface area contributed by atoms with Crippen LogP contribution in [0.3, 0.4) is 0 Å². The fraction of sp³-hybridized carbons (Fsp3) is 0.211. The number of urea groups is 1. The summed E-state index contributed by atoms with van der Waals surface area (Å²) in [4.78, 5) is 15.3. The molecular weight excluding hydrogens is 375 g/mol. The van der Waals surface area contributed by atoms with E-state index >= 15 is 0 Å². The zero-order chi connectivity index (χ0) is 20.5. The van der Waals surface area contributed by atoms with Crippen LogP contribution in [0.2, 0.25) is 0 Å². The summed E-state index contributed by atoms with van der Waals surface area (Å²) < 4.78 is 17.9. The molecule has 0 bridgehead atoms. The van der Waals surface area contributed by atoms with E-state index in [0.717, 1.165) is 16.6 Å². The first kappa shape index (κ1) is 18.5. The number of hydrogen-bond donors (Lipinski definition) is 2. The van der Waals surface area contributed by atoms with Crippen LogP contribution in [-0.4, -0.2) is 36.1 Å². The number of carbonyl (C=O) groups excluding carboxylic acids is 1. The number of fused-ring (bicyclic) bond motifs is 2. The molecule has 1 aromatic carbocycles. The Morgan fingerprint density at radius 1 is 1.31 bits per heavy atom. The van der Waals surface area contributed by atoms with Crippen molar-refractivity contribution in [3.05, 3.63) is 59.4 Å². The maximum absolute atomic E-state index is 14.6. The van der Waals surface area contributed by atoms with Crippen molar-refractivity contribution >= 4 is 28.3 Å². The van der Waals surface area contributed by atoms with Gasteiger partial charge in [0.25, 0.3) is 0 Å². The Hall–Kier alpha value is -3.82. The lowest BCUT2D eigenvalue weighted by atomic mass is 10.1. The van der Waals surface area contributed by atoms with Crippen LogP contribution in [0, 0.1) is 5.82 Å². The number of hydrazone groups is 1. The van der Waals surface area contributed by atoms with E-state index in [4.69, 9.17) is 5.73 Å². The van der Waals surface area contributed by atoms with E-state index < -0.39 is 6.03 Å². The van der Waals surface area contributed by atoms with Crippen LogP contribution in [-0.2, 0) is 13.5 Å². The van der Waals surface area contributed by atoms with Crippen LogP contribution in [0.4, 0.5) is 9.18 Å². The van der Waals surface area contributed by atoms with Crippen molar-refractivity contribution < 1.29 is 9.18 Å². The zero-order valence-corrected chi connectivity index (χ0v) is 15.9. The van der Waals surface area contributed by atoms with Gasteiger partial charge in [-0.2, -0.15) is 15.3 Å². The van der Waals surface area contributed by atoms with Gasteiger partial charge in [-0.3, -0.25) is 4.68 Å². The Morgan fingerprint density at radius 3 is 2.90 bits per heavy atom. The number of primary amides is 1. The van der Waals surface area contributed by atoms with Gasteiger partial charge in [0.2, 0.25) is 0 Å².